The summed E-state index contributed by atoms with van der Waals surface area (Å²) in [5, 5.41) is 5.53. The Bertz CT molecular complexity index is 1400. The third-order valence-corrected chi connectivity index (χ3v) is 8.15. The maximum Gasteiger partial charge on any atom is -0.0408 e. The van der Waals surface area contributed by atoms with Gasteiger partial charge in [0.15, 0.2) is 0 Å². The van der Waals surface area contributed by atoms with Crippen molar-refractivity contribution in [2.75, 3.05) is 0 Å². The molecule has 0 amide bonds. The van der Waals surface area contributed by atoms with Gasteiger partial charge in [0.05, 0.1) is 0 Å². The Kier molecular flexibility index (Phi) is 14.6. The van der Waals surface area contributed by atoms with Gasteiger partial charge in [-0.1, -0.05) is 86.3 Å². The summed E-state index contributed by atoms with van der Waals surface area (Å²) in [6, 6.07) is 22.0. The standard InChI is InChI=1S/C17H17.C12H19.C8H8.2ClH.Zr/c1-10-5-14-9-15-6-11(2)13(4)8-17(15)16(14)7-12(10)3;1-5-6-10-7-8-11(9-10)12(2,3)4;1-2-8-6-4-3-5-7-8;;;/h5-9H,1-4H3;8-10H,5-6H2,1-4H3;3-7H,1H3;2*1H;/q2*-1;;;;+2/p-2. The molecule has 0 nitrogen and oxygen atoms in total. The van der Waals surface area contributed by atoms with Gasteiger partial charge in [-0.2, -0.15) is 11.6 Å². The fraction of sp³-hybridized carbons (Fsp3) is 0.351. The van der Waals surface area contributed by atoms with Crippen molar-refractivity contribution in [3.63, 3.8) is 0 Å². The SMILES string of the molecule is CCCC1[C-]=CC(C(C)(C)C)=C1.C[C](=[Zr+2])c1ccccc1.Cc1cc2[cH-]c3cc(C)c(C)cc3c2cc1C.[Cl-].[Cl-]. The van der Waals surface area contributed by atoms with E-state index in [0.29, 0.717) is 11.3 Å². The molecule has 0 heterocycles. The fourth-order valence-electron chi connectivity index (χ4n) is 4.69. The first kappa shape index (κ1) is 36.4. The maximum atomic E-state index is 3.40. The third kappa shape index (κ3) is 9.72. The van der Waals surface area contributed by atoms with E-state index in [1.807, 2.05) is 6.07 Å². The molecule has 4 aromatic carbocycles. The van der Waals surface area contributed by atoms with Crippen LogP contribution in [0.2, 0.25) is 0 Å². The predicted octanol–water partition coefficient (Wildman–Crippen LogP) is 4.48. The predicted molar refractivity (Wildman–Crippen MR) is 166 cm³/mol. The van der Waals surface area contributed by atoms with E-state index in [0.717, 1.165) is 0 Å². The van der Waals surface area contributed by atoms with E-state index in [2.05, 4.69) is 135 Å². The van der Waals surface area contributed by atoms with Crippen molar-refractivity contribution in [2.45, 2.75) is 75.2 Å². The average Bonchev–Trinajstić information content (AvgIpc) is 3.46. The van der Waals surface area contributed by atoms with E-state index >= 15 is 0 Å². The second kappa shape index (κ2) is 16.1. The van der Waals surface area contributed by atoms with E-state index in [-0.39, 0.29) is 24.8 Å². The van der Waals surface area contributed by atoms with Crippen LogP contribution < -0.4 is 24.8 Å². The summed E-state index contributed by atoms with van der Waals surface area (Å²) in [6.07, 6.45) is 10.4. The molecule has 1 atom stereocenters. The first-order valence-corrected chi connectivity index (χ1v) is 15.1. The molecule has 4 aromatic rings. The molecular formula is C37H44Cl2Zr-2. The van der Waals surface area contributed by atoms with Crippen LogP contribution >= 0.6 is 0 Å². The van der Waals surface area contributed by atoms with Crippen molar-refractivity contribution in [1.29, 1.82) is 0 Å². The number of benzene rings is 3. The minimum Gasteiger partial charge on any atom is -1.00 e. The van der Waals surface area contributed by atoms with Crippen molar-refractivity contribution in [2.24, 2.45) is 11.3 Å². The van der Waals surface area contributed by atoms with Crippen LogP contribution in [0.3, 0.4) is 0 Å². The molecule has 0 fully saturated rings. The van der Waals surface area contributed by atoms with Crippen molar-refractivity contribution in [3.05, 3.63) is 112 Å². The summed E-state index contributed by atoms with van der Waals surface area (Å²) in [7, 11) is 0. The van der Waals surface area contributed by atoms with E-state index in [1.165, 1.54) is 95.2 Å². The summed E-state index contributed by atoms with van der Waals surface area (Å²) in [4.78, 5) is 0. The zero-order chi connectivity index (χ0) is 28.0. The average molecular weight is 651 g/mol. The van der Waals surface area contributed by atoms with Gasteiger partial charge >= 0.3 is 70.3 Å². The molecular weight excluding hydrogens is 607 g/mol. The van der Waals surface area contributed by atoms with Crippen LogP contribution in [-0.4, -0.2) is 3.21 Å². The molecule has 212 valence electrons. The second-order valence-corrected chi connectivity index (χ2v) is 13.6. The normalized spacial score (nSPS) is 13.9. The Morgan fingerprint density at radius 3 is 1.68 bits per heavy atom. The molecule has 40 heavy (non-hydrogen) atoms. The summed E-state index contributed by atoms with van der Waals surface area (Å²) in [5.41, 5.74) is 8.63. The molecule has 0 aromatic heterocycles. The van der Waals surface area contributed by atoms with Crippen molar-refractivity contribution in [3.8, 4) is 0 Å². The first-order chi connectivity index (χ1) is 17.9. The van der Waals surface area contributed by atoms with Crippen molar-refractivity contribution < 1.29 is 49.0 Å². The Balaban J connectivity index is 0.000000309. The van der Waals surface area contributed by atoms with Gasteiger partial charge < -0.3 is 24.8 Å². The molecule has 0 aliphatic heterocycles. The third-order valence-electron chi connectivity index (χ3n) is 7.44. The van der Waals surface area contributed by atoms with Crippen molar-refractivity contribution >= 4 is 24.8 Å². The van der Waals surface area contributed by atoms with Gasteiger partial charge in [-0.25, -0.2) is 6.08 Å². The van der Waals surface area contributed by atoms with Crippen LogP contribution in [0.5, 0.6) is 0 Å². The van der Waals surface area contributed by atoms with E-state index in [4.69, 9.17) is 0 Å². The number of allylic oxidation sites excluding steroid dienone is 4. The quantitative estimate of drug-likeness (QED) is 0.287. The minimum absolute atomic E-state index is 0. The van der Waals surface area contributed by atoms with Crippen molar-refractivity contribution in [1.82, 2.24) is 0 Å². The zero-order valence-corrected chi connectivity index (χ0v) is 29.6. The Morgan fingerprint density at radius 2 is 1.30 bits per heavy atom. The maximum absolute atomic E-state index is 3.40. The monoisotopic (exact) mass is 648 g/mol. The van der Waals surface area contributed by atoms with Gasteiger partial charge in [0.1, 0.15) is 0 Å². The van der Waals surface area contributed by atoms with E-state index in [9.17, 15) is 0 Å². The number of hydrogen-bond acceptors (Lipinski definition) is 0. The smallest absolute Gasteiger partial charge is 0.0408 e. The summed E-state index contributed by atoms with van der Waals surface area (Å²) >= 11 is 1.51. The molecule has 1 aliphatic rings. The Morgan fingerprint density at radius 1 is 0.825 bits per heavy atom. The van der Waals surface area contributed by atoms with Gasteiger partial charge in [-0.15, -0.1) is 39.7 Å². The molecule has 5 rings (SSSR count). The molecule has 0 spiro atoms. The van der Waals surface area contributed by atoms with Crippen LogP contribution in [0.15, 0.2) is 78.4 Å². The van der Waals surface area contributed by atoms with Gasteiger partial charge in [0.2, 0.25) is 0 Å². The summed E-state index contributed by atoms with van der Waals surface area (Å²) in [6.45, 7) is 19.9. The van der Waals surface area contributed by atoms with Crippen LogP contribution in [0, 0.1) is 45.1 Å². The van der Waals surface area contributed by atoms with Crippen LogP contribution in [0.4, 0.5) is 0 Å². The fourth-order valence-corrected chi connectivity index (χ4v) is 5.10. The molecule has 0 saturated heterocycles. The molecule has 0 saturated carbocycles. The van der Waals surface area contributed by atoms with E-state index in [1.54, 1.807) is 0 Å². The molecule has 0 radical (unpaired) electrons. The first-order valence-electron chi connectivity index (χ1n) is 13.9. The Hall–Kier alpha value is -1.66. The summed E-state index contributed by atoms with van der Waals surface area (Å²) in [5.74, 6) is 0.587. The molecule has 1 unspecified atom stereocenters. The largest absolute Gasteiger partial charge is 1.00 e. The van der Waals surface area contributed by atoms with E-state index < -0.39 is 0 Å². The second-order valence-electron chi connectivity index (χ2n) is 11.8. The van der Waals surface area contributed by atoms with Gasteiger partial charge in [-0.05, 0) is 27.7 Å². The van der Waals surface area contributed by atoms with Crippen LogP contribution in [-0.2, 0) is 24.2 Å². The number of fused-ring (bicyclic) bond motifs is 3. The Labute approximate surface area is 270 Å². The van der Waals surface area contributed by atoms with Gasteiger partial charge in [0.25, 0.3) is 0 Å². The number of rotatable bonds is 3. The zero-order valence-electron chi connectivity index (χ0n) is 25.7. The topological polar surface area (TPSA) is 0 Å². The summed E-state index contributed by atoms with van der Waals surface area (Å²) < 4.78 is 1.46. The van der Waals surface area contributed by atoms with Gasteiger partial charge in [-0.3, -0.25) is 6.08 Å². The minimum atomic E-state index is 0. The molecule has 1 aliphatic carbocycles. The number of halogens is 2. The number of aryl methyl sites for hydroxylation is 4. The number of hydrogen-bond donors (Lipinski definition) is 0. The molecule has 0 N–H and O–H groups in total. The van der Waals surface area contributed by atoms with Gasteiger partial charge in [0, 0.05) is 0 Å². The molecule has 0 bridgehead atoms. The molecule has 3 heteroatoms. The van der Waals surface area contributed by atoms with Crippen LogP contribution in [0.25, 0.3) is 21.5 Å². The van der Waals surface area contributed by atoms with Crippen LogP contribution in [0.1, 0.15) is 75.3 Å².